The molecule has 0 bridgehead atoms. The molecule has 0 atom stereocenters. The Morgan fingerprint density at radius 1 is 0.737 bits per heavy atom. The zero-order valence-electron chi connectivity index (χ0n) is 12.0. The molecule has 0 saturated heterocycles. The molecule has 0 aliphatic carbocycles. The summed E-state index contributed by atoms with van der Waals surface area (Å²) in [6.07, 6.45) is 0. The molecule has 0 amide bonds. The Bertz CT molecular complexity index is 754. The van der Waals surface area contributed by atoms with Crippen LogP contribution in [0.25, 0.3) is 21.9 Å². The minimum Gasteiger partial charge on any atom is -0.507 e. The van der Waals surface area contributed by atoms with E-state index in [0.29, 0.717) is 5.75 Å². The minimum atomic E-state index is 0.340. The molecule has 3 rings (SSSR count). The summed E-state index contributed by atoms with van der Waals surface area (Å²) in [5.41, 5.74) is 7.18. The molecule has 2 aromatic carbocycles. The van der Waals surface area contributed by atoms with Crippen LogP contribution < -0.4 is 0 Å². The van der Waals surface area contributed by atoms with Gasteiger partial charge in [-0.15, -0.1) is 0 Å². The van der Waals surface area contributed by atoms with Gasteiger partial charge in [0.15, 0.2) is 0 Å². The van der Waals surface area contributed by atoms with Crippen LogP contribution in [0.5, 0.6) is 5.75 Å². The van der Waals surface area contributed by atoms with E-state index in [4.69, 9.17) is 4.42 Å². The van der Waals surface area contributed by atoms with E-state index >= 15 is 0 Å². The summed E-state index contributed by atoms with van der Waals surface area (Å²) >= 11 is 0. The van der Waals surface area contributed by atoms with Crippen LogP contribution in [0.2, 0.25) is 0 Å². The van der Waals surface area contributed by atoms with Gasteiger partial charge in [-0.3, -0.25) is 0 Å². The third-order valence-electron chi connectivity index (χ3n) is 4.07. The lowest BCUT2D eigenvalue weighted by atomic mass is 9.97. The van der Waals surface area contributed by atoms with Crippen molar-refractivity contribution in [3.63, 3.8) is 0 Å². The van der Waals surface area contributed by atoms with E-state index in [1.54, 1.807) is 0 Å². The Labute approximate surface area is 112 Å². The summed E-state index contributed by atoms with van der Waals surface area (Å²) < 4.78 is 6.03. The largest absolute Gasteiger partial charge is 0.507 e. The molecule has 1 aromatic heterocycles. The highest BCUT2D eigenvalue weighted by molar-refractivity contribution is 6.12. The van der Waals surface area contributed by atoms with Gasteiger partial charge in [0, 0.05) is 5.39 Å². The summed E-state index contributed by atoms with van der Waals surface area (Å²) in [5, 5.41) is 12.3. The molecule has 1 N–H and O–H groups in total. The van der Waals surface area contributed by atoms with Gasteiger partial charge < -0.3 is 9.52 Å². The number of phenols is 1. The van der Waals surface area contributed by atoms with Crippen LogP contribution in [-0.4, -0.2) is 5.11 Å². The average molecular weight is 254 g/mol. The summed E-state index contributed by atoms with van der Waals surface area (Å²) in [5.74, 6) is 0.340. The van der Waals surface area contributed by atoms with Crippen molar-refractivity contribution in [3.8, 4) is 5.75 Å². The maximum atomic E-state index is 10.4. The molecule has 3 aromatic rings. The van der Waals surface area contributed by atoms with E-state index in [1.807, 2.05) is 19.9 Å². The number of phenolic OH excluding ortho intramolecular Hbond substituents is 1. The standard InChI is InChI=1S/C17H18O2/c1-8-6-10(3)16-13(12(8)5)14-15(18)9(2)7-11(4)17(14)19-16/h6-7,18H,1-5H3. The van der Waals surface area contributed by atoms with Crippen LogP contribution in [-0.2, 0) is 0 Å². The van der Waals surface area contributed by atoms with Crippen molar-refractivity contribution < 1.29 is 9.52 Å². The maximum absolute atomic E-state index is 10.4. The smallest absolute Gasteiger partial charge is 0.142 e. The summed E-state index contributed by atoms with van der Waals surface area (Å²) in [6.45, 7) is 10.2. The molecule has 19 heavy (non-hydrogen) atoms. The molecule has 98 valence electrons. The van der Waals surface area contributed by atoms with E-state index < -0.39 is 0 Å². The first-order valence-electron chi connectivity index (χ1n) is 6.54. The zero-order valence-corrected chi connectivity index (χ0v) is 12.0. The van der Waals surface area contributed by atoms with Crippen molar-refractivity contribution in [2.75, 3.05) is 0 Å². The first-order valence-corrected chi connectivity index (χ1v) is 6.54. The second-order valence-electron chi connectivity index (χ2n) is 5.50. The van der Waals surface area contributed by atoms with E-state index in [-0.39, 0.29) is 0 Å². The Kier molecular flexibility index (Phi) is 2.40. The van der Waals surface area contributed by atoms with Crippen molar-refractivity contribution in [1.82, 2.24) is 0 Å². The number of benzene rings is 2. The lowest BCUT2D eigenvalue weighted by molar-refractivity contribution is 0.477. The fourth-order valence-corrected chi connectivity index (χ4v) is 2.92. The molecule has 0 fully saturated rings. The molecule has 0 aliphatic heterocycles. The molecule has 0 radical (unpaired) electrons. The zero-order chi connectivity index (χ0) is 13.9. The van der Waals surface area contributed by atoms with E-state index in [9.17, 15) is 5.11 Å². The average Bonchev–Trinajstić information content (AvgIpc) is 2.75. The van der Waals surface area contributed by atoms with Gasteiger partial charge in [-0.1, -0.05) is 6.07 Å². The molecule has 2 heteroatoms. The number of aryl methyl sites for hydroxylation is 5. The van der Waals surface area contributed by atoms with Crippen LogP contribution in [0, 0.1) is 34.6 Å². The fraction of sp³-hybridized carbons (Fsp3) is 0.294. The van der Waals surface area contributed by atoms with Crippen LogP contribution in [0.4, 0.5) is 0 Å². The first kappa shape index (κ1) is 12.1. The van der Waals surface area contributed by atoms with Crippen LogP contribution >= 0.6 is 0 Å². The van der Waals surface area contributed by atoms with Crippen LogP contribution in [0.3, 0.4) is 0 Å². The van der Waals surface area contributed by atoms with Gasteiger partial charge in [-0.25, -0.2) is 0 Å². The third kappa shape index (κ3) is 1.49. The van der Waals surface area contributed by atoms with Crippen molar-refractivity contribution in [2.45, 2.75) is 34.6 Å². The second-order valence-corrected chi connectivity index (χ2v) is 5.50. The summed E-state index contributed by atoms with van der Waals surface area (Å²) in [7, 11) is 0. The number of furan rings is 1. The third-order valence-corrected chi connectivity index (χ3v) is 4.07. The number of hydrogen-bond acceptors (Lipinski definition) is 2. The van der Waals surface area contributed by atoms with Gasteiger partial charge in [-0.05, 0) is 68.5 Å². The molecule has 0 unspecified atom stereocenters. The molecule has 0 saturated carbocycles. The number of fused-ring (bicyclic) bond motifs is 3. The SMILES string of the molecule is Cc1cc(C)c2oc3c(C)cc(C)c(O)c3c2c1C. The number of aromatic hydroxyl groups is 1. The van der Waals surface area contributed by atoms with Gasteiger partial charge in [0.2, 0.25) is 0 Å². The van der Waals surface area contributed by atoms with Gasteiger partial charge in [0.1, 0.15) is 16.9 Å². The van der Waals surface area contributed by atoms with Crippen LogP contribution in [0.1, 0.15) is 27.8 Å². The summed E-state index contributed by atoms with van der Waals surface area (Å²) in [4.78, 5) is 0. The molecule has 0 aliphatic rings. The van der Waals surface area contributed by atoms with Gasteiger partial charge in [0.25, 0.3) is 0 Å². The lowest BCUT2D eigenvalue weighted by Gasteiger charge is -2.06. The number of hydrogen-bond donors (Lipinski definition) is 1. The van der Waals surface area contributed by atoms with E-state index in [2.05, 4.69) is 26.8 Å². The maximum Gasteiger partial charge on any atom is 0.142 e. The Morgan fingerprint density at radius 3 is 1.89 bits per heavy atom. The number of rotatable bonds is 0. The van der Waals surface area contributed by atoms with Crippen molar-refractivity contribution >= 4 is 21.9 Å². The van der Waals surface area contributed by atoms with Crippen LogP contribution in [0.15, 0.2) is 16.5 Å². The first-order chi connectivity index (χ1) is 8.91. The molecular weight excluding hydrogens is 236 g/mol. The fourth-order valence-electron chi connectivity index (χ4n) is 2.92. The lowest BCUT2D eigenvalue weighted by Crippen LogP contribution is -1.86. The monoisotopic (exact) mass is 254 g/mol. The van der Waals surface area contributed by atoms with E-state index in [0.717, 1.165) is 38.6 Å². The Morgan fingerprint density at radius 2 is 1.26 bits per heavy atom. The second kappa shape index (κ2) is 3.77. The minimum absolute atomic E-state index is 0.340. The summed E-state index contributed by atoms with van der Waals surface area (Å²) in [6, 6.07) is 4.11. The molecule has 2 nitrogen and oxygen atoms in total. The van der Waals surface area contributed by atoms with E-state index in [1.165, 1.54) is 11.1 Å². The highest BCUT2D eigenvalue weighted by Crippen LogP contribution is 2.42. The van der Waals surface area contributed by atoms with Gasteiger partial charge in [0.05, 0.1) is 5.39 Å². The molecular formula is C17H18O2. The highest BCUT2D eigenvalue weighted by Gasteiger charge is 2.18. The molecule has 0 spiro atoms. The quantitative estimate of drug-likeness (QED) is 0.623. The Hall–Kier alpha value is -1.96. The predicted octanol–water partition coefficient (Wildman–Crippen LogP) is 4.83. The van der Waals surface area contributed by atoms with Crippen molar-refractivity contribution in [2.24, 2.45) is 0 Å². The Balaban J connectivity index is 2.71. The highest BCUT2D eigenvalue weighted by atomic mass is 16.3. The van der Waals surface area contributed by atoms with Crippen molar-refractivity contribution in [3.05, 3.63) is 39.9 Å². The van der Waals surface area contributed by atoms with Crippen molar-refractivity contribution in [1.29, 1.82) is 0 Å². The topological polar surface area (TPSA) is 33.4 Å². The predicted molar refractivity (Wildman–Crippen MR) is 79.1 cm³/mol. The molecule has 1 heterocycles. The van der Waals surface area contributed by atoms with Gasteiger partial charge in [-0.2, -0.15) is 0 Å². The normalized spacial score (nSPS) is 11.6. The van der Waals surface area contributed by atoms with Gasteiger partial charge >= 0.3 is 0 Å².